The van der Waals surface area contributed by atoms with Gasteiger partial charge in [0, 0.05) is 13.0 Å². The molecule has 1 unspecified atom stereocenters. The Morgan fingerprint density at radius 1 is 1.35 bits per heavy atom. The lowest BCUT2D eigenvalue weighted by molar-refractivity contribution is 0.0595. The molecule has 94 valence electrons. The minimum atomic E-state index is 0.237. The fourth-order valence-corrected chi connectivity index (χ4v) is 2.45. The fourth-order valence-electron chi connectivity index (χ4n) is 2.45. The highest BCUT2D eigenvalue weighted by Crippen LogP contribution is 2.40. The van der Waals surface area contributed by atoms with Crippen LogP contribution in [0, 0.1) is 5.41 Å². The van der Waals surface area contributed by atoms with E-state index >= 15 is 0 Å². The maximum Gasteiger partial charge on any atom is 0.0719 e. The minimum absolute atomic E-state index is 0.237. The van der Waals surface area contributed by atoms with Gasteiger partial charge in [0.05, 0.1) is 19.8 Å². The molecule has 1 atom stereocenters. The van der Waals surface area contributed by atoms with Gasteiger partial charge in [0.2, 0.25) is 0 Å². The summed E-state index contributed by atoms with van der Waals surface area (Å²) in [5.41, 5.74) is 4.26. The summed E-state index contributed by atoms with van der Waals surface area (Å²) in [6.45, 7) is 9.09. The molecule has 0 saturated carbocycles. The molecule has 2 nitrogen and oxygen atoms in total. The predicted molar refractivity (Wildman–Crippen MR) is 69.0 cm³/mol. The summed E-state index contributed by atoms with van der Waals surface area (Å²) in [6.07, 6.45) is 0. The van der Waals surface area contributed by atoms with E-state index in [4.69, 9.17) is 9.47 Å². The Morgan fingerprint density at radius 2 is 2.12 bits per heavy atom. The molecule has 0 fully saturated rings. The quantitative estimate of drug-likeness (QED) is 0.780. The van der Waals surface area contributed by atoms with Crippen molar-refractivity contribution in [3.05, 3.63) is 34.9 Å². The molecule has 0 radical (unpaired) electrons. The molecule has 1 aliphatic heterocycles. The zero-order chi connectivity index (χ0) is 12.5. The smallest absolute Gasteiger partial charge is 0.0719 e. The summed E-state index contributed by atoms with van der Waals surface area (Å²) in [5, 5.41) is 0. The van der Waals surface area contributed by atoms with Gasteiger partial charge in [-0.25, -0.2) is 0 Å². The van der Waals surface area contributed by atoms with Gasteiger partial charge in [-0.3, -0.25) is 0 Å². The molecule has 1 heterocycles. The summed E-state index contributed by atoms with van der Waals surface area (Å²) in [6, 6.07) is 6.61. The van der Waals surface area contributed by atoms with Crippen LogP contribution < -0.4 is 0 Å². The molecule has 0 amide bonds. The number of hydrogen-bond donors (Lipinski definition) is 0. The monoisotopic (exact) mass is 234 g/mol. The molecule has 0 saturated heterocycles. The molecule has 0 N–H and O–H groups in total. The number of rotatable bonds is 2. The van der Waals surface area contributed by atoms with Crippen LogP contribution in [-0.4, -0.2) is 13.7 Å². The summed E-state index contributed by atoms with van der Waals surface area (Å²) in [5.74, 6) is 0.475. The second-order valence-corrected chi connectivity index (χ2v) is 5.90. The predicted octanol–water partition coefficient (Wildman–Crippen LogP) is 3.49. The third-order valence-corrected chi connectivity index (χ3v) is 3.48. The van der Waals surface area contributed by atoms with Crippen LogP contribution in [0.3, 0.4) is 0 Å². The number of fused-ring (bicyclic) bond motifs is 1. The van der Waals surface area contributed by atoms with E-state index in [0.29, 0.717) is 12.5 Å². The molecule has 0 aromatic heterocycles. The average molecular weight is 234 g/mol. The Morgan fingerprint density at radius 3 is 2.76 bits per heavy atom. The minimum Gasteiger partial charge on any atom is -0.380 e. The number of ether oxygens (including phenoxy) is 2. The van der Waals surface area contributed by atoms with Crippen molar-refractivity contribution >= 4 is 0 Å². The van der Waals surface area contributed by atoms with Crippen molar-refractivity contribution in [3.63, 3.8) is 0 Å². The molecule has 1 aromatic carbocycles. The third-order valence-electron chi connectivity index (χ3n) is 3.48. The van der Waals surface area contributed by atoms with Crippen molar-refractivity contribution in [1.29, 1.82) is 0 Å². The zero-order valence-electron chi connectivity index (χ0n) is 11.2. The van der Waals surface area contributed by atoms with Crippen molar-refractivity contribution in [2.24, 2.45) is 5.41 Å². The van der Waals surface area contributed by atoms with Crippen LogP contribution in [0.15, 0.2) is 18.2 Å². The number of hydrogen-bond acceptors (Lipinski definition) is 2. The summed E-state index contributed by atoms with van der Waals surface area (Å²) < 4.78 is 10.9. The largest absolute Gasteiger partial charge is 0.380 e. The molecule has 1 aliphatic rings. The van der Waals surface area contributed by atoms with Gasteiger partial charge in [-0.05, 0) is 22.1 Å². The highest BCUT2D eigenvalue weighted by Gasteiger charge is 2.31. The first-order valence-electron chi connectivity index (χ1n) is 6.21. The van der Waals surface area contributed by atoms with Gasteiger partial charge in [0.1, 0.15) is 0 Å². The van der Waals surface area contributed by atoms with Crippen molar-refractivity contribution in [1.82, 2.24) is 0 Å². The molecule has 0 bridgehead atoms. The van der Waals surface area contributed by atoms with Crippen molar-refractivity contribution in [2.45, 2.75) is 39.9 Å². The standard InChI is InChI=1S/C15H22O2/c1-15(2,3)14-10-17-9-12-6-5-11(8-16-4)7-13(12)14/h5-7,14H,8-10H2,1-4H3. The van der Waals surface area contributed by atoms with Gasteiger partial charge in [0.25, 0.3) is 0 Å². The number of methoxy groups -OCH3 is 1. The highest BCUT2D eigenvalue weighted by atomic mass is 16.5. The highest BCUT2D eigenvalue weighted by molar-refractivity contribution is 5.36. The second-order valence-electron chi connectivity index (χ2n) is 5.90. The Balaban J connectivity index is 2.37. The van der Waals surface area contributed by atoms with Gasteiger partial charge in [-0.1, -0.05) is 39.0 Å². The summed E-state index contributed by atoms with van der Waals surface area (Å²) in [7, 11) is 1.74. The Bertz CT molecular complexity index is 390. The molecule has 0 spiro atoms. The first kappa shape index (κ1) is 12.6. The molecule has 2 heteroatoms. The SMILES string of the molecule is COCc1ccc2c(c1)C(C(C)(C)C)COC2. The van der Waals surface area contributed by atoms with E-state index in [9.17, 15) is 0 Å². The van der Waals surface area contributed by atoms with Crippen LogP contribution in [0.4, 0.5) is 0 Å². The summed E-state index contributed by atoms with van der Waals surface area (Å²) in [4.78, 5) is 0. The van der Waals surface area contributed by atoms with Gasteiger partial charge in [-0.2, -0.15) is 0 Å². The number of benzene rings is 1. The van der Waals surface area contributed by atoms with E-state index in [2.05, 4.69) is 39.0 Å². The molecular weight excluding hydrogens is 212 g/mol. The third kappa shape index (κ3) is 2.70. The van der Waals surface area contributed by atoms with Crippen LogP contribution >= 0.6 is 0 Å². The van der Waals surface area contributed by atoms with Crippen LogP contribution in [-0.2, 0) is 22.7 Å². The molecule has 2 rings (SSSR count). The van der Waals surface area contributed by atoms with E-state index < -0.39 is 0 Å². The Kier molecular flexibility index (Phi) is 3.55. The zero-order valence-corrected chi connectivity index (χ0v) is 11.2. The van der Waals surface area contributed by atoms with Crippen molar-refractivity contribution in [3.8, 4) is 0 Å². The fraction of sp³-hybridized carbons (Fsp3) is 0.600. The second kappa shape index (κ2) is 4.79. The first-order chi connectivity index (χ1) is 8.02. The van der Waals surface area contributed by atoms with E-state index in [-0.39, 0.29) is 5.41 Å². The normalized spacial score (nSPS) is 20.1. The lowest BCUT2D eigenvalue weighted by atomic mass is 9.74. The topological polar surface area (TPSA) is 18.5 Å². The van der Waals surface area contributed by atoms with Crippen LogP contribution in [0.25, 0.3) is 0 Å². The Labute approximate surface area is 104 Å². The van der Waals surface area contributed by atoms with Crippen molar-refractivity contribution in [2.75, 3.05) is 13.7 Å². The maximum atomic E-state index is 5.70. The molecular formula is C15H22O2. The van der Waals surface area contributed by atoms with Crippen LogP contribution in [0.1, 0.15) is 43.4 Å². The van der Waals surface area contributed by atoms with Gasteiger partial charge in [0.15, 0.2) is 0 Å². The van der Waals surface area contributed by atoms with E-state index in [1.807, 2.05) is 0 Å². The molecule has 0 aliphatic carbocycles. The lowest BCUT2D eigenvalue weighted by Crippen LogP contribution is -2.28. The first-order valence-corrected chi connectivity index (χ1v) is 6.21. The van der Waals surface area contributed by atoms with Crippen molar-refractivity contribution < 1.29 is 9.47 Å². The Hall–Kier alpha value is -0.860. The van der Waals surface area contributed by atoms with Crippen LogP contribution in [0.2, 0.25) is 0 Å². The van der Waals surface area contributed by atoms with Gasteiger partial charge < -0.3 is 9.47 Å². The van der Waals surface area contributed by atoms with E-state index in [1.165, 1.54) is 16.7 Å². The van der Waals surface area contributed by atoms with Gasteiger partial charge >= 0.3 is 0 Å². The molecule has 1 aromatic rings. The lowest BCUT2D eigenvalue weighted by Gasteiger charge is -2.35. The van der Waals surface area contributed by atoms with Crippen LogP contribution in [0.5, 0.6) is 0 Å². The van der Waals surface area contributed by atoms with E-state index in [1.54, 1.807) is 7.11 Å². The maximum absolute atomic E-state index is 5.70. The summed E-state index contributed by atoms with van der Waals surface area (Å²) >= 11 is 0. The molecule has 17 heavy (non-hydrogen) atoms. The van der Waals surface area contributed by atoms with Gasteiger partial charge in [-0.15, -0.1) is 0 Å². The average Bonchev–Trinajstić information content (AvgIpc) is 2.27. The van der Waals surface area contributed by atoms with E-state index in [0.717, 1.165) is 13.2 Å².